The number of hydrogen-bond donors (Lipinski definition) is 2. The molecular weight excluding hydrogens is 398 g/mol. The standard InChI is InChI=1S/C23H33N3O3S/c1-17-9-12-26(13-10-17)19(22-5-4-14-30-22)16-25-23(27)24-11-8-18-6-7-20(28-2)21(15-18)29-3/h4-7,14-15,17,19H,8-13,16H2,1-3H3,(H2,24,25,27). The van der Waals surface area contributed by atoms with Crippen LogP contribution in [0.5, 0.6) is 11.5 Å². The van der Waals surface area contributed by atoms with Gasteiger partial charge < -0.3 is 20.1 Å². The first-order chi connectivity index (χ1) is 14.6. The van der Waals surface area contributed by atoms with Gasteiger partial charge in [-0.05, 0) is 67.4 Å². The molecule has 0 aliphatic carbocycles. The SMILES string of the molecule is COc1ccc(CCNC(=O)NCC(c2cccs2)N2CCC(C)CC2)cc1OC. The van der Waals surface area contributed by atoms with Gasteiger partial charge in [0.05, 0.1) is 20.3 Å². The Hall–Kier alpha value is -2.25. The molecule has 1 fully saturated rings. The normalized spacial score (nSPS) is 16.1. The van der Waals surface area contributed by atoms with Crippen molar-refractivity contribution in [1.82, 2.24) is 15.5 Å². The fraction of sp³-hybridized carbons (Fsp3) is 0.522. The number of carbonyl (C=O) groups excluding carboxylic acids is 1. The summed E-state index contributed by atoms with van der Waals surface area (Å²) in [5.41, 5.74) is 1.09. The van der Waals surface area contributed by atoms with E-state index in [2.05, 4.69) is 40.0 Å². The van der Waals surface area contributed by atoms with Gasteiger partial charge in [-0.15, -0.1) is 11.3 Å². The number of ether oxygens (including phenoxy) is 2. The first kappa shape index (κ1) is 22.4. The van der Waals surface area contributed by atoms with Crippen LogP contribution in [0, 0.1) is 5.92 Å². The van der Waals surface area contributed by atoms with E-state index in [1.807, 2.05) is 18.2 Å². The third kappa shape index (κ3) is 6.12. The van der Waals surface area contributed by atoms with Crippen LogP contribution >= 0.6 is 11.3 Å². The summed E-state index contributed by atoms with van der Waals surface area (Å²) in [4.78, 5) is 16.2. The summed E-state index contributed by atoms with van der Waals surface area (Å²) in [5.74, 6) is 2.20. The molecule has 0 bridgehead atoms. The molecule has 2 N–H and O–H groups in total. The zero-order valence-corrected chi connectivity index (χ0v) is 19.0. The molecule has 1 unspecified atom stereocenters. The second-order valence-electron chi connectivity index (χ2n) is 7.83. The van der Waals surface area contributed by atoms with E-state index < -0.39 is 0 Å². The summed E-state index contributed by atoms with van der Waals surface area (Å²) in [6, 6.07) is 10.2. The Bertz CT molecular complexity index is 789. The van der Waals surface area contributed by atoms with Crippen molar-refractivity contribution in [2.45, 2.75) is 32.2 Å². The Morgan fingerprint density at radius 1 is 1.17 bits per heavy atom. The number of likely N-dealkylation sites (tertiary alicyclic amines) is 1. The molecule has 2 amide bonds. The molecule has 164 valence electrons. The number of methoxy groups -OCH3 is 2. The molecule has 2 aromatic rings. The highest BCUT2D eigenvalue weighted by Gasteiger charge is 2.25. The molecule has 6 nitrogen and oxygen atoms in total. The van der Waals surface area contributed by atoms with E-state index in [-0.39, 0.29) is 12.1 Å². The third-order valence-electron chi connectivity index (χ3n) is 5.73. The van der Waals surface area contributed by atoms with Crippen molar-refractivity contribution in [3.8, 4) is 11.5 Å². The summed E-state index contributed by atoms with van der Waals surface area (Å²) >= 11 is 1.76. The smallest absolute Gasteiger partial charge is 0.314 e. The van der Waals surface area contributed by atoms with Crippen LogP contribution in [0.15, 0.2) is 35.7 Å². The van der Waals surface area contributed by atoms with Crippen LogP contribution in [-0.4, -0.2) is 51.3 Å². The van der Waals surface area contributed by atoms with Crippen molar-refractivity contribution < 1.29 is 14.3 Å². The molecule has 1 aliphatic heterocycles. The maximum absolute atomic E-state index is 12.4. The van der Waals surface area contributed by atoms with Gasteiger partial charge in [0.15, 0.2) is 11.5 Å². The number of hydrogen-bond acceptors (Lipinski definition) is 5. The number of urea groups is 1. The Balaban J connectivity index is 1.47. The minimum atomic E-state index is -0.123. The maximum Gasteiger partial charge on any atom is 0.314 e. The average Bonchev–Trinajstić information content (AvgIpc) is 3.29. The molecule has 1 saturated heterocycles. The Morgan fingerprint density at radius 2 is 1.93 bits per heavy atom. The molecule has 1 aromatic heterocycles. The van der Waals surface area contributed by atoms with Gasteiger partial charge in [-0.2, -0.15) is 0 Å². The Kier molecular flexibility index (Phi) is 8.39. The number of carbonyl (C=O) groups is 1. The van der Waals surface area contributed by atoms with Crippen LogP contribution < -0.4 is 20.1 Å². The van der Waals surface area contributed by atoms with Crippen molar-refractivity contribution in [3.63, 3.8) is 0 Å². The van der Waals surface area contributed by atoms with Crippen LogP contribution in [0.4, 0.5) is 4.79 Å². The van der Waals surface area contributed by atoms with E-state index in [4.69, 9.17) is 9.47 Å². The van der Waals surface area contributed by atoms with Gasteiger partial charge in [0.1, 0.15) is 0 Å². The second kappa shape index (κ2) is 11.2. The second-order valence-corrected chi connectivity index (χ2v) is 8.81. The van der Waals surface area contributed by atoms with E-state index >= 15 is 0 Å². The molecule has 1 atom stereocenters. The van der Waals surface area contributed by atoms with Crippen molar-refractivity contribution >= 4 is 17.4 Å². The minimum absolute atomic E-state index is 0.123. The van der Waals surface area contributed by atoms with E-state index in [1.165, 1.54) is 17.7 Å². The molecule has 0 spiro atoms. The summed E-state index contributed by atoms with van der Waals surface area (Å²) in [6.07, 6.45) is 3.17. The number of thiophene rings is 1. The number of rotatable bonds is 9. The average molecular weight is 432 g/mol. The van der Waals surface area contributed by atoms with Crippen LogP contribution in [0.2, 0.25) is 0 Å². The highest BCUT2D eigenvalue weighted by molar-refractivity contribution is 7.10. The van der Waals surface area contributed by atoms with E-state index in [0.29, 0.717) is 24.6 Å². The molecule has 7 heteroatoms. The zero-order chi connectivity index (χ0) is 21.3. The van der Waals surface area contributed by atoms with E-state index in [9.17, 15) is 4.79 Å². The first-order valence-corrected chi connectivity index (χ1v) is 11.5. The Morgan fingerprint density at radius 3 is 2.60 bits per heavy atom. The predicted octanol–water partition coefficient (Wildman–Crippen LogP) is 4.08. The van der Waals surface area contributed by atoms with Gasteiger partial charge in [0, 0.05) is 18.0 Å². The summed E-state index contributed by atoms with van der Waals surface area (Å²) in [7, 11) is 3.25. The van der Waals surface area contributed by atoms with Gasteiger partial charge in [0.2, 0.25) is 0 Å². The molecular formula is C23H33N3O3S. The van der Waals surface area contributed by atoms with E-state index in [0.717, 1.165) is 31.0 Å². The number of piperidine rings is 1. The zero-order valence-electron chi connectivity index (χ0n) is 18.1. The van der Waals surface area contributed by atoms with Crippen molar-refractivity contribution in [3.05, 3.63) is 46.2 Å². The highest BCUT2D eigenvalue weighted by atomic mass is 32.1. The fourth-order valence-electron chi connectivity index (χ4n) is 3.84. The quantitative estimate of drug-likeness (QED) is 0.628. The first-order valence-electron chi connectivity index (χ1n) is 10.6. The van der Waals surface area contributed by atoms with Gasteiger partial charge in [-0.25, -0.2) is 4.79 Å². The molecule has 1 aromatic carbocycles. The summed E-state index contributed by atoms with van der Waals surface area (Å²) in [6.45, 7) is 5.68. The molecule has 2 heterocycles. The fourth-order valence-corrected chi connectivity index (χ4v) is 4.70. The lowest BCUT2D eigenvalue weighted by atomic mass is 9.97. The lowest BCUT2D eigenvalue weighted by Crippen LogP contribution is -2.44. The lowest BCUT2D eigenvalue weighted by Gasteiger charge is -2.36. The summed E-state index contributed by atoms with van der Waals surface area (Å²) < 4.78 is 10.6. The van der Waals surface area contributed by atoms with Crippen LogP contribution in [0.3, 0.4) is 0 Å². The summed E-state index contributed by atoms with van der Waals surface area (Å²) in [5, 5.41) is 8.16. The molecule has 1 aliphatic rings. The monoisotopic (exact) mass is 431 g/mol. The highest BCUT2D eigenvalue weighted by Crippen LogP contribution is 2.29. The molecule has 0 saturated carbocycles. The number of amides is 2. The number of nitrogens with zero attached hydrogens (tertiary/aromatic N) is 1. The van der Waals surface area contributed by atoms with Crippen LogP contribution in [-0.2, 0) is 6.42 Å². The number of nitrogens with one attached hydrogen (secondary N) is 2. The predicted molar refractivity (Wildman–Crippen MR) is 122 cm³/mol. The Labute approximate surface area is 183 Å². The van der Waals surface area contributed by atoms with Crippen LogP contribution in [0.1, 0.15) is 36.2 Å². The van der Waals surface area contributed by atoms with Gasteiger partial charge >= 0.3 is 6.03 Å². The minimum Gasteiger partial charge on any atom is -0.493 e. The lowest BCUT2D eigenvalue weighted by molar-refractivity contribution is 0.138. The topological polar surface area (TPSA) is 62.8 Å². The largest absolute Gasteiger partial charge is 0.493 e. The van der Waals surface area contributed by atoms with Crippen molar-refractivity contribution in [2.75, 3.05) is 40.4 Å². The van der Waals surface area contributed by atoms with E-state index in [1.54, 1.807) is 25.6 Å². The van der Waals surface area contributed by atoms with Gasteiger partial charge in [-0.1, -0.05) is 19.1 Å². The number of benzene rings is 1. The van der Waals surface area contributed by atoms with Gasteiger partial charge in [0.25, 0.3) is 0 Å². The molecule has 0 radical (unpaired) electrons. The van der Waals surface area contributed by atoms with Crippen molar-refractivity contribution in [1.29, 1.82) is 0 Å². The molecule has 30 heavy (non-hydrogen) atoms. The van der Waals surface area contributed by atoms with Gasteiger partial charge in [-0.3, -0.25) is 4.90 Å². The maximum atomic E-state index is 12.4. The van der Waals surface area contributed by atoms with Crippen molar-refractivity contribution in [2.24, 2.45) is 5.92 Å². The van der Waals surface area contributed by atoms with Crippen LogP contribution in [0.25, 0.3) is 0 Å². The molecule has 3 rings (SSSR count). The third-order valence-corrected chi connectivity index (χ3v) is 6.71.